The molecule has 1 N–H and O–H groups in total. The molecule has 4 rings (SSSR count). The number of pyridine rings is 1. The van der Waals surface area contributed by atoms with Crippen LogP contribution in [0.5, 0.6) is 5.75 Å². The summed E-state index contributed by atoms with van der Waals surface area (Å²) in [5.74, 6) is -1.35. The number of likely N-dealkylation sites (tertiary alicyclic amines) is 1. The fourth-order valence-electron chi connectivity index (χ4n) is 3.68. The zero-order valence-electron chi connectivity index (χ0n) is 16.7. The summed E-state index contributed by atoms with van der Waals surface area (Å²) in [4.78, 5) is 31.6. The van der Waals surface area contributed by atoms with Gasteiger partial charge in [0, 0.05) is 24.5 Å². The van der Waals surface area contributed by atoms with Gasteiger partial charge in [0.05, 0.1) is 23.7 Å². The Morgan fingerprint density at radius 3 is 2.58 bits per heavy atom. The van der Waals surface area contributed by atoms with Crippen molar-refractivity contribution in [3.8, 4) is 5.75 Å². The van der Waals surface area contributed by atoms with E-state index in [0.717, 1.165) is 5.56 Å². The molecule has 1 unspecified atom stereocenters. The number of carbonyl (C=O) groups excluding carboxylic acids is 2. The second kappa shape index (κ2) is 8.62. The van der Waals surface area contributed by atoms with Crippen LogP contribution in [0.3, 0.4) is 0 Å². The van der Waals surface area contributed by atoms with Crippen molar-refractivity contribution in [1.29, 1.82) is 0 Å². The molecule has 31 heavy (non-hydrogen) atoms. The number of aliphatic hydroxyl groups excluding tert-OH is 1. The number of benzene rings is 2. The van der Waals surface area contributed by atoms with Crippen molar-refractivity contribution in [2.24, 2.45) is 0 Å². The molecule has 1 atom stereocenters. The molecule has 1 amide bonds. The highest BCUT2D eigenvalue weighted by Gasteiger charge is 2.46. The molecule has 6 nitrogen and oxygen atoms in total. The Kier molecular flexibility index (Phi) is 5.73. The molecule has 1 aliphatic heterocycles. The van der Waals surface area contributed by atoms with Crippen LogP contribution < -0.4 is 4.74 Å². The van der Waals surface area contributed by atoms with Gasteiger partial charge >= 0.3 is 0 Å². The van der Waals surface area contributed by atoms with Crippen LogP contribution in [0.2, 0.25) is 5.02 Å². The molecule has 1 aromatic heterocycles. The van der Waals surface area contributed by atoms with Crippen molar-refractivity contribution >= 4 is 29.1 Å². The molecule has 0 spiro atoms. The summed E-state index contributed by atoms with van der Waals surface area (Å²) in [6.07, 6.45) is 3.28. The lowest BCUT2D eigenvalue weighted by molar-refractivity contribution is -0.140. The Morgan fingerprint density at radius 2 is 1.90 bits per heavy atom. The van der Waals surface area contributed by atoms with Crippen molar-refractivity contribution in [3.63, 3.8) is 0 Å². The molecule has 1 fully saturated rings. The molecule has 3 aromatic rings. The van der Waals surface area contributed by atoms with Crippen molar-refractivity contribution in [2.45, 2.75) is 12.6 Å². The zero-order valence-corrected chi connectivity index (χ0v) is 17.4. The summed E-state index contributed by atoms with van der Waals surface area (Å²) in [6.45, 7) is 0.179. The first-order valence-corrected chi connectivity index (χ1v) is 9.95. The first kappa shape index (κ1) is 20.6. The van der Waals surface area contributed by atoms with Gasteiger partial charge in [-0.3, -0.25) is 14.6 Å². The summed E-state index contributed by atoms with van der Waals surface area (Å²) in [7, 11) is 1.46. The van der Waals surface area contributed by atoms with Crippen LogP contribution in [0, 0.1) is 0 Å². The number of ether oxygens (including phenoxy) is 1. The fourth-order valence-corrected chi connectivity index (χ4v) is 3.87. The molecular formula is C24H19ClN2O4. The predicted octanol–water partition coefficient (Wildman–Crippen LogP) is 4.37. The molecule has 0 saturated carbocycles. The Morgan fingerprint density at radius 1 is 1.13 bits per heavy atom. The third-order valence-electron chi connectivity index (χ3n) is 5.16. The van der Waals surface area contributed by atoms with E-state index in [1.807, 2.05) is 36.4 Å². The lowest BCUT2D eigenvalue weighted by Crippen LogP contribution is -2.29. The van der Waals surface area contributed by atoms with Gasteiger partial charge in [0.1, 0.15) is 11.5 Å². The second-order valence-corrected chi connectivity index (χ2v) is 7.46. The molecule has 1 aliphatic rings. The van der Waals surface area contributed by atoms with Gasteiger partial charge in [0.15, 0.2) is 0 Å². The number of aliphatic hydroxyl groups is 1. The normalized spacial score (nSPS) is 17.7. The van der Waals surface area contributed by atoms with Crippen LogP contribution in [-0.2, 0) is 16.1 Å². The Hall–Kier alpha value is -3.64. The van der Waals surface area contributed by atoms with E-state index in [4.69, 9.17) is 16.3 Å². The standard InChI is InChI=1S/C24H19ClN2O4/c1-31-19-12-17(9-10-18(19)25)22(28)20-21(16-7-3-2-4-8-16)27(24(30)23(20)29)14-15-6-5-11-26-13-15/h2-13,21,28H,14H2,1H3/b22-20-. The fraction of sp³-hybridized carbons (Fsp3) is 0.125. The monoisotopic (exact) mass is 434 g/mol. The average Bonchev–Trinajstić information content (AvgIpc) is 3.05. The molecule has 7 heteroatoms. The lowest BCUT2D eigenvalue weighted by atomic mass is 9.95. The molecular weight excluding hydrogens is 416 g/mol. The van der Waals surface area contributed by atoms with Gasteiger partial charge in [0.25, 0.3) is 11.7 Å². The highest BCUT2D eigenvalue weighted by molar-refractivity contribution is 6.46. The summed E-state index contributed by atoms with van der Waals surface area (Å²) >= 11 is 6.09. The minimum Gasteiger partial charge on any atom is -0.507 e. The number of ketones is 1. The van der Waals surface area contributed by atoms with E-state index in [2.05, 4.69) is 4.98 Å². The van der Waals surface area contributed by atoms with Crippen LogP contribution in [0.1, 0.15) is 22.7 Å². The molecule has 156 valence electrons. The third-order valence-corrected chi connectivity index (χ3v) is 5.47. The Bertz CT molecular complexity index is 1160. The number of aromatic nitrogens is 1. The summed E-state index contributed by atoms with van der Waals surface area (Å²) < 4.78 is 5.22. The van der Waals surface area contributed by atoms with E-state index in [1.165, 1.54) is 18.1 Å². The molecule has 1 saturated heterocycles. The van der Waals surface area contributed by atoms with E-state index in [0.29, 0.717) is 21.9 Å². The number of amides is 1. The SMILES string of the molecule is COc1cc(/C(O)=C2/C(=O)C(=O)N(Cc3cccnc3)C2c2ccccc2)ccc1Cl. The number of nitrogens with zero attached hydrogens (tertiary/aromatic N) is 2. The quantitative estimate of drug-likeness (QED) is 0.366. The van der Waals surface area contributed by atoms with Gasteiger partial charge in [-0.25, -0.2) is 0 Å². The van der Waals surface area contributed by atoms with Gasteiger partial charge in [-0.05, 0) is 35.4 Å². The van der Waals surface area contributed by atoms with Crippen molar-refractivity contribution in [3.05, 3.63) is 100 Å². The first-order valence-electron chi connectivity index (χ1n) is 9.57. The van der Waals surface area contributed by atoms with Gasteiger partial charge in [-0.1, -0.05) is 48.0 Å². The van der Waals surface area contributed by atoms with E-state index in [9.17, 15) is 14.7 Å². The van der Waals surface area contributed by atoms with Crippen molar-refractivity contribution in [2.75, 3.05) is 7.11 Å². The lowest BCUT2D eigenvalue weighted by Gasteiger charge is -2.25. The second-order valence-electron chi connectivity index (χ2n) is 7.05. The van der Waals surface area contributed by atoms with Gasteiger partial charge < -0.3 is 14.7 Å². The van der Waals surface area contributed by atoms with Crippen molar-refractivity contribution < 1.29 is 19.4 Å². The van der Waals surface area contributed by atoms with Crippen LogP contribution in [0.4, 0.5) is 0 Å². The molecule has 2 heterocycles. The predicted molar refractivity (Wildman–Crippen MR) is 117 cm³/mol. The minimum atomic E-state index is -0.747. The summed E-state index contributed by atoms with van der Waals surface area (Å²) in [5, 5.41) is 11.5. The largest absolute Gasteiger partial charge is 0.507 e. The summed E-state index contributed by atoms with van der Waals surface area (Å²) in [5.41, 5.74) is 1.84. The van der Waals surface area contributed by atoms with Gasteiger partial charge in [0.2, 0.25) is 0 Å². The van der Waals surface area contributed by atoms with Crippen LogP contribution >= 0.6 is 11.6 Å². The number of carbonyl (C=O) groups is 2. The highest BCUT2D eigenvalue weighted by atomic mass is 35.5. The number of halogens is 1. The van der Waals surface area contributed by atoms with Crippen LogP contribution in [0.15, 0.2) is 78.6 Å². The van der Waals surface area contributed by atoms with Crippen LogP contribution in [0.25, 0.3) is 5.76 Å². The van der Waals surface area contributed by atoms with E-state index in [1.54, 1.807) is 30.6 Å². The molecule has 2 aromatic carbocycles. The number of rotatable bonds is 5. The maximum absolute atomic E-state index is 13.0. The van der Waals surface area contributed by atoms with Gasteiger partial charge in [-0.2, -0.15) is 0 Å². The smallest absolute Gasteiger partial charge is 0.295 e. The molecule has 0 bridgehead atoms. The number of methoxy groups -OCH3 is 1. The number of Topliss-reactive ketones (excluding diaryl/α,β-unsaturated/α-hetero) is 1. The maximum atomic E-state index is 13.0. The number of hydrogen-bond donors (Lipinski definition) is 1. The van der Waals surface area contributed by atoms with E-state index >= 15 is 0 Å². The van der Waals surface area contributed by atoms with Gasteiger partial charge in [-0.15, -0.1) is 0 Å². The van der Waals surface area contributed by atoms with E-state index < -0.39 is 17.7 Å². The minimum absolute atomic E-state index is 0.0180. The topological polar surface area (TPSA) is 79.7 Å². The average molecular weight is 435 g/mol. The van der Waals surface area contributed by atoms with Crippen molar-refractivity contribution in [1.82, 2.24) is 9.88 Å². The Labute approximate surface area is 184 Å². The third kappa shape index (κ3) is 3.90. The highest BCUT2D eigenvalue weighted by Crippen LogP contribution is 2.41. The maximum Gasteiger partial charge on any atom is 0.295 e. The zero-order chi connectivity index (χ0) is 22.0. The summed E-state index contributed by atoms with van der Waals surface area (Å²) in [6, 6.07) is 16.7. The molecule has 0 aliphatic carbocycles. The Balaban J connectivity index is 1.86. The number of hydrogen-bond acceptors (Lipinski definition) is 5. The van der Waals surface area contributed by atoms with E-state index in [-0.39, 0.29) is 17.9 Å². The van der Waals surface area contributed by atoms with Crippen LogP contribution in [-0.4, -0.2) is 33.8 Å². The molecule has 0 radical (unpaired) electrons. The first-order chi connectivity index (χ1) is 15.0.